The SMILES string of the molecule is O=C(Cc1ccccc1)C[C@@H]1CCCN(c2ccc(N3C[C@H]4CC[C@@H](C3)O4)cc2F)C1=O. The van der Waals surface area contributed by atoms with Gasteiger partial charge < -0.3 is 14.5 Å². The first-order valence-electron chi connectivity index (χ1n) is 11.6. The number of hydrogen-bond donors (Lipinski definition) is 0. The molecule has 0 aliphatic carbocycles. The molecular formula is C26H29FN2O3. The number of carbonyl (C=O) groups excluding carboxylic acids is 2. The molecule has 6 heteroatoms. The van der Waals surface area contributed by atoms with Crippen LogP contribution in [0.4, 0.5) is 15.8 Å². The monoisotopic (exact) mass is 436 g/mol. The summed E-state index contributed by atoms with van der Waals surface area (Å²) in [5.41, 5.74) is 2.11. The molecule has 1 amide bonds. The first-order valence-corrected chi connectivity index (χ1v) is 11.6. The smallest absolute Gasteiger partial charge is 0.230 e. The Morgan fingerprint density at radius 3 is 2.50 bits per heavy atom. The molecule has 2 aromatic rings. The normalized spacial score (nSPS) is 25.3. The lowest BCUT2D eigenvalue weighted by Crippen LogP contribution is -2.43. The first-order chi connectivity index (χ1) is 15.6. The molecule has 2 aromatic carbocycles. The zero-order valence-electron chi connectivity index (χ0n) is 18.2. The zero-order valence-corrected chi connectivity index (χ0v) is 18.2. The Morgan fingerprint density at radius 1 is 1.03 bits per heavy atom. The molecule has 32 heavy (non-hydrogen) atoms. The van der Waals surface area contributed by atoms with E-state index in [2.05, 4.69) is 4.90 Å². The second-order valence-electron chi connectivity index (χ2n) is 9.23. The van der Waals surface area contributed by atoms with E-state index < -0.39 is 0 Å². The third-order valence-electron chi connectivity index (χ3n) is 6.90. The van der Waals surface area contributed by atoms with Gasteiger partial charge in [0.05, 0.1) is 17.9 Å². The lowest BCUT2D eigenvalue weighted by atomic mass is 9.90. The van der Waals surface area contributed by atoms with Crippen molar-refractivity contribution in [2.45, 2.75) is 50.7 Å². The lowest BCUT2D eigenvalue weighted by molar-refractivity contribution is -0.128. The second-order valence-corrected chi connectivity index (χ2v) is 9.23. The van der Waals surface area contributed by atoms with Gasteiger partial charge >= 0.3 is 0 Å². The van der Waals surface area contributed by atoms with E-state index >= 15 is 4.39 Å². The Morgan fingerprint density at radius 2 is 1.78 bits per heavy atom. The van der Waals surface area contributed by atoms with Gasteiger partial charge in [0.2, 0.25) is 5.91 Å². The molecule has 5 nitrogen and oxygen atoms in total. The molecule has 3 atom stereocenters. The van der Waals surface area contributed by atoms with E-state index in [0.29, 0.717) is 25.1 Å². The lowest BCUT2D eigenvalue weighted by Gasteiger charge is -2.35. The van der Waals surface area contributed by atoms with Crippen LogP contribution in [-0.4, -0.2) is 43.5 Å². The molecule has 0 radical (unpaired) electrons. The number of benzene rings is 2. The molecule has 0 spiro atoms. The zero-order chi connectivity index (χ0) is 22.1. The van der Waals surface area contributed by atoms with Crippen LogP contribution in [0.5, 0.6) is 0 Å². The quantitative estimate of drug-likeness (QED) is 0.683. The maximum Gasteiger partial charge on any atom is 0.230 e. The highest BCUT2D eigenvalue weighted by molar-refractivity contribution is 5.98. The highest BCUT2D eigenvalue weighted by atomic mass is 19.1. The summed E-state index contributed by atoms with van der Waals surface area (Å²) in [5, 5.41) is 0. The van der Waals surface area contributed by atoms with Crippen molar-refractivity contribution in [3.63, 3.8) is 0 Å². The van der Waals surface area contributed by atoms with Gasteiger partial charge in [0, 0.05) is 44.1 Å². The van der Waals surface area contributed by atoms with Crippen molar-refractivity contribution in [1.82, 2.24) is 0 Å². The minimum Gasteiger partial charge on any atom is -0.371 e. The number of nitrogens with zero attached hydrogens (tertiary/aromatic N) is 2. The van der Waals surface area contributed by atoms with E-state index in [-0.39, 0.29) is 42.1 Å². The van der Waals surface area contributed by atoms with E-state index in [1.165, 1.54) is 11.0 Å². The van der Waals surface area contributed by atoms with E-state index in [1.54, 1.807) is 6.07 Å². The van der Waals surface area contributed by atoms with E-state index in [4.69, 9.17) is 4.74 Å². The molecule has 0 saturated carbocycles. The Balaban J connectivity index is 1.26. The fourth-order valence-electron chi connectivity index (χ4n) is 5.29. The Kier molecular flexibility index (Phi) is 5.96. The summed E-state index contributed by atoms with van der Waals surface area (Å²) in [6.07, 6.45) is 4.57. The van der Waals surface area contributed by atoms with Crippen molar-refractivity contribution in [2.75, 3.05) is 29.4 Å². The molecule has 3 aliphatic rings. The second kappa shape index (κ2) is 9.02. The van der Waals surface area contributed by atoms with Crippen LogP contribution >= 0.6 is 0 Å². The van der Waals surface area contributed by atoms with Crippen molar-refractivity contribution in [2.24, 2.45) is 5.92 Å². The number of amides is 1. The van der Waals surface area contributed by atoms with Gasteiger partial charge in [-0.1, -0.05) is 30.3 Å². The van der Waals surface area contributed by atoms with Crippen LogP contribution in [0.3, 0.4) is 0 Å². The average Bonchev–Trinajstić information content (AvgIpc) is 3.13. The number of rotatable bonds is 6. The molecule has 3 fully saturated rings. The Bertz CT molecular complexity index is 984. The van der Waals surface area contributed by atoms with Crippen LogP contribution in [0.25, 0.3) is 0 Å². The molecule has 0 N–H and O–H groups in total. The van der Waals surface area contributed by atoms with Gasteiger partial charge in [-0.25, -0.2) is 4.39 Å². The number of anilines is 2. The molecule has 3 heterocycles. The van der Waals surface area contributed by atoms with Crippen LogP contribution in [-0.2, 0) is 20.7 Å². The summed E-state index contributed by atoms with van der Waals surface area (Å²) in [6.45, 7) is 2.05. The number of ketones is 1. The summed E-state index contributed by atoms with van der Waals surface area (Å²) < 4.78 is 21.0. The Labute approximate surface area is 188 Å². The summed E-state index contributed by atoms with van der Waals surface area (Å²) in [4.78, 5) is 29.4. The van der Waals surface area contributed by atoms with Crippen LogP contribution < -0.4 is 9.80 Å². The molecule has 0 unspecified atom stereocenters. The van der Waals surface area contributed by atoms with Crippen LogP contribution in [0, 0.1) is 11.7 Å². The maximum absolute atomic E-state index is 15.1. The molecule has 2 bridgehead atoms. The highest BCUT2D eigenvalue weighted by Crippen LogP contribution is 2.34. The number of halogens is 1. The van der Waals surface area contributed by atoms with E-state index in [9.17, 15) is 9.59 Å². The van der Waals surface area contributed by atoms with Gasteiger partial charge in [-0.3, -0.25) is 9.59 Å². The largest absolute Gasteiger partial charge is 0.371 e. The fraction of sp³-hybridized carbons (Fsp3) is 0.462. The number of hydrogen-bond acceptors (Lipinski definition) is 4. The van der Waals surface area contributed by atoms with Gasteiger partial charge in [-0.2, -0.15) is 0 Å². The van der Waals surface area contributed by atoms with E-state index in [1.807, 2.05) is 36.4 Å². The highest BCUT2D eigenvalue weighted by Gasteiger charge is 2.35. The molecule has 3 aliphatic heterocycles. The molecule has 0 aromatic heterocycles. The minimum absolute atomic E-state index is 0.0502. The van der Waals surface area contributed by atoms with Gasteiger partial charge in [0.1, 0.15) is 11.6 Å². The van der Waals surface area contributed by atoms with Gasteiger partial charge in [-0.15, -0.1) is 0 Å². The van der Waals surface area contributed by atoms with Crippen molar-refractivity contribution < 1.29 is 18.7 Å². The summed E-state index contributed by atoms with van der Waals surface area (Å²) in [5.74, 6) is -0.859. The molecule has 5 rings (SSSR count). The molecule has 168 valence electrons. The van der Waals surface area contributed by atoms with Crippen molar-refractivity contribution in [1.29, 1.82) is 0 Å². The van der Waals surface area contributed by atoms with Crippen molar-refractivity contribution >= 4 is 23.1 Å². The first kappa shape index (κ1) is 21.1. The Hall–Kier alpha value is -2.73. The van der Waals surface area contributed by atoms with Crippen LogP contribution in [0.15, 0.2) is 48.5 Å². The van der Waals surface area contributed by atoms with Gasteiger partial charge in [0.25, 0.3) is 0 Å². The minimum atomic E-state index is -0.383. The number of ether oxygens (including phenoxy) is 1. The number of morpholine rings is 1. The third kappa shape index (κ3) is 4.42. The van der Waals surface area contributed by atoms with Crippen molar-refractivity contribution in [3.8, 4) is 0 Å². The number of piperidine rings is 1. The van der Waals surface area contributed by atoms with Gasteiger partial charge in [0.15, 0.2) is 0 Å². The number of Topliss-reactive ketones (excluding diaryl/α,β-unsaturated/α-hetero) is 1. The van der Waals surface area contributed by atoms with Crippen molar-refractivity contribution in [3.05, 3.63) is 59.9 Å². The number of carbonyl (C=O) groups is 2. The predicted octanol–water partition coefficient (Wildman–Crippen LogP) is 4.14. The standard InChI is InChI=1S/C26H29FN2O3/c27-24-15-20(28-16-22-9-10-23(17-28)32-22)8-11-25(24)29-12-4-7-19(26(29)31)14-21(30)13-18-5-2-1-3-6-18/h1-3,5-6,8,11,15,19,22-23H,4,7,9-10,12-14,16-17H2/t19-,22-,23+/m0/s1. The molecule has 3 saturated heterocycles. The topological polar surface area (TPSA) is 49.9 Å². The summed E-state index contributed by atoms with van der Waals surface area (Å²) in [7, 11) is 0. The third-order valence-corrected chi connectivity index (χ3v) is 6.90. The molecular weight excluding hydrogens is 407 g/mol. The fourth-order valence-corrected chi connectivity index (χ4v) is 5.29. The predicted molar refractivity (Wildman–Crippen MR) is 121 cm³/mol. The van der Waals surface area contributed by atoms with E-state index in [0.717, 1.165) is 43.6 Å². The van der Waals surface area contributed by atoms with Gasteiger partial charge in [-0.05, 0) is 49.4 Å². The van der Waals surface area contributed by atoms with Crippen LogP contribution in [0.2, 0.25) is 0 Å². The summed E-state index contributed by atoms with van der Waals surface area (Å²) >= 11 is 0. The maximum atomic E-state index is 15.1. The van der Waals surface area contributed by atoms with Crippen LogP contribution in [0.1, 0.15) is 37.7 Å². The summed E-state index contributed by atoms with van der Waals surface area (Å²) in [6, 6.07) is 14.7. The average molecular weight is 437 g/mol. The number of fused-ring (bicyclic) bond motifs is 2.